The number of nitrogens with zero attached hydrogens (tertiary/aromatic N) is 2. The van der Waals surface area contributed by atoms with Crippen LogP contribution in [0.25, 0.3) is 0 Å². The Bertz CT molecular complexity index is 870. The second-order valence-corrected chi connectivity index (χ2v) is 6.60. The van der Waals surface area contributed by atoms with E-state index in [0.29, 0.717) is 5.69 Å². The number of amides is 2. The van der Waals surface area contributed by atoms with Gasteiger partial charge in [0, 0.05) is 24.8 Å². The quantitative estimate of drug-likeness (QED) is 0.629. The number of benzene rings is 1. The molecule has 2 heterocycles. The number of carbonyl (C=O) groups excluding carboxylic acids is 3. The molecule has 0 saturated carbocycles. The van der Waals surface area contributed by atoms with E-state index in [9.17, 15) is 14.4 Å². The summed E-state index contributed by atoms with van der Waals surface area (Å²) in [6, 6.07) is 10.7. The molecule has 3 rings (SSSR count). The van der Waals surface area contributed by atoms with Gasteiger partial charge in [-0.3, -0.25) is 14.4 Å². The molecular weight excluding hydrogens is 370 g/mol. The van der Waals surface area contributed by atoms with Crippen molar-refractivity contribution in [1.29, 1.82) is 0 Å². The molecule has 1 saturated heterocycles. The fourth-order valence-corrected chi connectivity index (χ4v) is 2.93. The number of ether oxygens (including phenoxy) is 1. The lowest BCUT2D eigenvalue weighted by Gasteiger charge is -2.16. The number of aromatic nitrogens is 1. The molecule has 1 fully saturated rings. The molecular formula is C19H18ClN3O4. The van der Waals surface area contributed by atoms with E-state index in [4.69, 9.17) is 16.3 Å². The first-order valence-electron chi connectivity index (χ1n) is 8.38. The van der Waals surface area contributed by atoms with Crippen LogP contribution in [0.3, 0.4) is 0 Å². The second kappa shape index (κ2) is 8.18. The van der Waals surface area contributed by atoms with Gasteiger partial charge < -0.3 is 15.0 Å². The largest absolute Gasteiger partial charge is 0.455 e. The Morgan fingerprint density at radius 3 is 2.74 bits per heavy atom. The van der Waals surface area contributed by atoms with Crippen LogP contribution in [-0.4, -0.2) is 35.9 Å². The molecule has 1 N–H and O–H groups in total. The van der Waals surface area contributed by atoms with Crippen LogP contribution >= 0.6 is 11.6 Å². The molecule has 8 heteroatoms. The number of nitrogens with one attached hydrogen (secondary N) is 1. The predicted molar refractivity (Wildman–Crippen MR) is 100 cm³/mol. The monoisotopic (exact) mass is 387 g/mol. The van der Waals surface area contributed by atoms with Crippen molar-refractivity contribution in [3.8, 4) is 0 Å². The lowest BCUT2D eigenvalue weighted by molar-refractivity contribution is -0.151. The molecule has 1 aliphatic rings. The maximum atomic E-state index is 12.2. The van der Waals surface area contributed by atoms with Gasteiger partial charge in [-0.1, -0.05) is 29.3 Å². The summed E-state index contributed by atoms with van der Waals surface area (Å²) >= 11 is 5.86. The maximum absolute atomic E-state index is 12.2. The van der Waals surface area contributed by atoms with Crippen molar-refractivity contribution < 1.29 is 19.1 Å². The zero-order valence-electron chi connectivity index (χ0n) is 14.6. The summed E-state index contributed by atoms with van der Waals surface area (Å²) in [5.41, 5.74) is 2.16. The molecule has 7 nitrogen and oxygen atoms in total. The van der Waals surface area contributed by atoms with E-state index < -0.39 is 24.4 Å². The zero-order valence-corrected chi connectivity index (χ0v) is 15.4. The van der Waals surface area contributed by atoms with Crippen LogP contribution in [0.15, 0.2) is 42.6 Å². The SMILES string of the molecule is Cc1ccc(N2C[C@H](C(=O)OCC(=O)Nc3cccnc3Cl)CC2=O)cc1. The molecule has 1 atom stereocenters. The predicted octanol–water partition coefficient (Wildman–Crippen LogP) is 2.58. The highest BCUT2D eigenvalue weighted by Crippen LogP contribution is 2.26. The maximum Gasteiger partial charge on any atom is 0.311 e. The van der Waals surface area contributed by atoms with E-state index in [1.807, 2.05) is 31.2 Å². The van der Waals surface area contributed by atoms with Gasteiger partial charge in [0.15, 0.2) is 11.8 Å². The zero-order chi connectivity index (χ0) is 19.4. The molecule has 0 aliphatic carbocycles. The first-order valence-corrected chi connectivity index (χ1v) is 8.76. The molecule has 0 radical (unpaired) electrons. The van der Waals surface area contributed by atoms with Crippen molar-refractivity contribution in [1.82, 2.24) is 4.98 Å². The molecule has 1 aliphatic heterocycles. The summed E-state index contributed by atoms with van der Waals surface area (Å²) in [5, 5.41) is 2.66. The third kappa shape index (κ3) is 4.62. The van der Waals surface area contributed by atoms with Crippen molar-refractivity contribution in [3.05, 3.63) is 53.3 Å². The summed E-state index contributed by atoms with van der Waals surface area (Å²) in [6.07, 6.45) is 1.55. The number of esters is 1. The van der Waals surface area contributed by atoms with Gasteiger partial charge in [-0.05, 0) is 31.2 Å². The van der Waals surface area contributed by atoms with Crippen LogP contribution in [0.5, 0.6) is 0 Å². The third-order valence-electron chi connectivity index (χ3n) is 4.18. The van der Waals surface area contributed by atoms with Crippen molar-refractivity contribution >= 4 is 40.8 Å². The number of hydrogen-bond acceptors (Lipinski definition) is 5. The molecule has 2 amide bonds. The first-order chi connectivity index (χ1) is 12.9. The van der Waals surface area contributed by atoms with E-state index in [1.165, 1.54) is 6.20 Å². The van der Waals surface area contributed by atoms with E-state index in [2.05, 4.69) is 10.3 Å². The molecule has 0 unspecified atom stereocenters. The van der Waals surface area contributed by atoms with Crippen LogP contribution in [-0.2, 0) is 19.1 Å². The Labute approximate surface area is 161 Å². The number of carbonyl (C=O) groups is 3. The van der Waals surface area contributed by atoms with E-state index in [0.717, 1.165) is 11.3 Å². The summed E-state index contributed by atoms with van der Waals surface area (Å²) in [4.78, 5) is 41.7. The van der Waals surface area contributed by atoms with Crippen LogP contribution in [0.4, 0.5) is 11.4 Å². The number of pyridine rings is 1. The Balaban J connectivity index is 1.53. The number of anilines is 2. The smallest absolute Gasteiger partial charge is 0.311 e. The van der Waals surface area contributed by atoms with Crippen molar-refractivity contribution in [2.24, 2.45) is 5.92 Å². The van der Waals surface area contributed by atoms with Gasteiger partial charge in [0.05, 0.1) is 11.6 Å². The van der Waals surface area contributed by atoms with Gasteiger partial charge in [0.2, 0.25) is 5.91 Å². The highest BCUT2D eigenvalue weighted by atomic mass is 35.5. The minimum Gasteiger partial charge on any atom is -0.455 e. The number of aryl methyl sites for hydroxylation is 1. The van der Waals surface area contributed by atoms with Crippen LogP contribution in [0.1, 0.15) is 12.0 Å². The van der Waals surface area contributed by atoms with Gasteiger partial charge in [0.25, 0.3) is 5.91 Å². The van der Waals surface area contributed by atoms with Crippen LogP contribution in [0.2, 0.25) is 5.15 Å². The summed E-state index contributed by atoms with van der Waals surface area (Å²) in [5.74, 6) is -1.86. The third-order valence-corrected chi connectivity index (χ3v) is 4.48. The average Bonchev–Trinajstić information content (AvgIpc) is 3.04. The number of halogens is 1. The molecule has 0 bridgehead atoms. The summed E-state index contributed by atoms with van der Waals surface area (Å²) in [7, 11) is 0. The molecule has 2 aromatic rings. The minimum absolute atomic E-state index is 0.0583. The highest BCUT2D eigenvalue weighted by molar-refractivity contribution is 6.32. The molecule has 27 heavy (non-hydrogen) atoms. The molecule has 1 aromatic heterocycles. The molecule has 0 spiro atoms. The van der Waals surface area contributed by atoms with Gasteiger partial charge >= 0.3 is 5.97 Å². The number of hydrogen-bond donors (Lipinski definition) is 1. The average molecular weight is 388 g/mol. The van der Waals surface area contributed by atoms with Crippen molar-refractivity contribution in [3.63, 3.8) is 0 Å². The van der Waals surface area contributed by atoms with Crippen LogP contribution < -0.4 is 10.2 Å². The lowest BCUT2D eigenvalue weighted by atomic mass is 10.1. The summed E-state index contributed by atoms with van der Waals surface area (Å²) in [6.45, 7) is 1.73. The van der Waals surface area contributed by atoms with Gasteiger partial charge in [0.1, 0.15) is 0 Å². The standard InChI is InChI=1S/C19H18ClN3O4/c1-12-4-6-14(7-5-12)23-10-13(9-17(23)25)19(26)27-11-16(24)22-15-3-2-8-21-18(15)20/h2-8,13H,9-11H2,1H3,(H,22,24)/t13-/m1/s1. The van der Waals surface area contributed by atoms with Crippen LogP contribution in [0, 0.1) is 12.8 Å². The van der Waals surface area contributed by atoms with E-state index in [-0.39, 0.29) is 24.0 Å². The fourth-order valence-electron chi connectivity index (χ4n) is 2.76. The fraction of sp³-hybridized carbons (Fsp3) is 0.263. The normalized spacial score (nSPS) is 16.3. The van der Waals surface area contributed by atoms with Crippen molar-refractivity contribution in [2.45, 2.75) is 13.3 Å². The van der Waals surface area contributed by atoms with Gasteiger partial charge in [-0.2, -0.15) is 0 Å². The Morgan fingerprint density at radius 1 is 1.30 bits per heavy atom. The minimum atomic E-state index is -0.603. The lowest BCUT2D eigenvalue weighted by Crippen LogP contribution is -2.28. The summed E-state index contributed by atoms with van der Waals surface area (Å²) < 4.78 is 5.06. The molecule has 140 valence electrons. The van der Waals surface area contributed by atoms with Gasteiger partial charge in [-0.25, -0.2) is 4.98 Å². The number of rotatable bonds is 5. The van der Waals surface area contributed by atoms with E-state index >= 15 is 0 Å². The van der Waals surface area contributed by atoms with Crippen molar-refractivity contribution in [2.75, 3.05) is 23.4 Å². The second-order valence-electron chi connectivity index (χ2n) is 6.24. The Kier molecular flexibility index (Phi) is 5.71. The highest BCUT2D eigenvalue weighted by Gasteiger charge is 2.36. The topological polar surface area (TPSA) is 88.6 Å². The Hall–Kier alpha value is -2.93. The van der Waals surface area contributed by atoms with E-state index in [1.54, 1.807) is 17.0 Å². The Morgan fingerprint density at radius 2 is 2.04 bits per heavy atom. The van der Waals surface area contributed by atoms with Gasteiger partial charge in [-0.15, -0.1) is 0 Å². The molecule has 1 aromatic carbocycles. The first kappa shape index (κ1) is 18.8.